The maximum atomic E-state index is 14.0. The van der Waals surface area contributed by atoms with Gasteiger partial charge >= 0.3 is 6.03 Å². The topological polar surface area (TPSA) is 125 Å². The molecule has 0 bridgehead atoms. The highest BCUT2D eigenvalue weighted by atomic mass is 32.2. The van der Waals surface area contributed by atoms with Crippen molar-refractivity contribution in [2.45, 2.75) is 18.3 Å². The highest BCUT2D eigenvalue weighted by Crippen LogP contribution is 2.24. The van der Waals surface area contributed by atoms with Crippen molar-refractivity contribution in [2.24, 2.45) is 5.73 Å². The number of benzene rings is 2. The third-order valence-corrected chi connectivity index (χ3v) is 6.80. The molecule has 3 amide bonds. The standard InChI is InChI=1S/C21H25F2N5O4S/c22-16-7-8-18(17(23)13-16)26-21(30)27-11-4-12-28(20(27)19(29)25-10-9-24)33(31,32)14-15-5-2-1-3-6-15/h1-3,5-8,13,20H,4,9-12,14,24H2,(H,25,29)(H,26,30). The van der Waals surface area contributed by atoms with E-state index >= 15 is 0 Å². The van der Waals surface area contributed by atoms with Crippen LogP contribution in [-0.2, 0) is 20.6 Å². The maximum absolute atomic E-state index is 14.0. The number of nitrogens with zero attached hydrogens (tertiary/aromatic N) is 2. The van der Waals surface area contributed by atoms with Crippen LogP contribution in [0.25, 0.3) is 0 Å². The van der Waals surface area contributed by atoms with Gasteiger partial charge in [-0.2, -0.15) is 4.31 Å². The first-order chi connectivity index (χ1) is 15.7. The van der Waals surface area contributed by atoms with Crippen LogP contribution in [0.2, 0.25) is 0 Å². The summed E-state index contributed by atoms with van der Waals surface area (Å²) in [7, 11) is -4.01. The Hall–Kier alpha value is -3.09. The average molecular weight is 482 g/mol. The zero-order chi connectivity index (χ0) is 24.0. The molecule has 1 saturated heterocycles. The summed E-state index contributed by atoms with van der Waals surface area (Å²) in [6.45, 7) is 0.253. The Kier molecular flexibility index (Phi) is 7.95. The van der Waals surface area contributed by atoms with Crippen LogP contribution in [0, 0.1) is 11.6 Å². The van der Waals surface area contributed by atoms with Crippen molar-refractivity contribution in [1.82, 2.24) is 14.5 Å². The minimum absolute atomic E-state index is 0.0184. The second kappa shape index (κ2) is 10.7. The van der Waals surface area contributed by atoms with E-state index in [1.807, 2.05) is 0 Å². The Morgan fingerprint density at radius 1 is 1.09 bits per heavy atom. The molecule has 1 aliphatic heterocycles. The number of sulfonamides is 1. The molecule has 1 unspecified atom stereocenters. The fourth-order valence-electron chi connectivity index (χ4n) is 3.51. The molecule has 2 aromatic carbocycles. The first-order valence-electron chi connectivity index (χ1n) is 10.3. The molecule has 9 nitrogen and oxygen atoms in total. The zero-order valence-electron chi connectivity index (χ0n) is 17.7. The normalized spacial score (nSPS) is 16.9. The van der Waals surface area contributed by atoms with Gasteiger partial charge in [-0.1, -0.05) is 30.3 Å². The van der Waals surface area contributed by atoms with Gasteiger partial charge in [0.15, 0.2) is 6.17 Å². The van der Waals surface area contributed by atoms with E-state index < -0.39 is 39.8 Å². The minimum Gasteiger partial charge on any atom is -0.352 e. The van der Waals surface area contributed by atoms with Crippen LogP contribution in [0.1, 0.15) is 12.0 Å². The first kappa shape index (κ1) is 24.6. The van der Waals surface area contributed by atoms with E-state index in [0.29, 0.717) is 11.6 Å². The van der Waals surface area contributed by atoms with Gasteiger partial charge in [-0.15, -0.1) is 0 Å². The molecule has 3 rings (SSSR count). The number of hydrogen-bond donors (Lipinski definition) is 3. The van der Waals surface area contributed by atoms with Crippen LogP contribution in [0.5, 0.6) is 0 Å². The lowest BCUT2D eigenvalue weighted by Gasteiger charge is -2.41. The molecule has 2 aromatic rings. The predicted octanol–water partition coefficient (Wildman–Crippen LogP) is 1.44. The van der Waals surface area contributed by atoms with Crippen LogP contribution in [0.15, 0.2) is 48.5 Å². The number of carbonyl (C=O) groups is 2. The van der Waals surface area contributed by atoms with Crippen LogP contribution in [0.4, 0.5) is 19.3 Å². The van der Waals surface area contributed by atoms with E-state index in [4.69, 9.17) is 5.73 Å². The van der Waals surface area contributed by atoms with Crippen molar-refractivity contribution in [3.8, 4) is 0 Å². The SMILES string of the molecule is NCCNC(=O)C1N(C(=O)Nc2ccc(F)cc2F)CCCN1S(=O)(=O)Cc1ccccc1. The first-order valence-corrected chi connectivity index (χ1v) is 11.9. The van der Waals surface area contributed by atoms with Crippen LogP contribution < -0.4 is 16.4 Å². The summed E-state index contributed by atoms with van der Waals surface area (Å²) in [4.78, 5) is 26.9. The third-order valence-electron chi connectivity index (χ3n) is 5.01. The number of nitrogens with one attached hydrogen (secondary N) is 2. The van der Waals surface area contributed by atoms with Crippen molar-refractivity contribution in [2.75, 3.05) is 31.5 Å². The van der Waals surface area contributed by atoms with Crippen molar-refractivity contribution >= 4 is 27.6 Å². The van der Waals surface area contributed by atoms with E-state index in [1.54, 1.807) is 30.3 Å². The number of urea groups is 1. The smallest absolute Gasteiger partial charge is 0.323 e. The van der Waals surface area contributed by atoms with Crippen molar-refractivity contribution in [3.63, 3.8) is 0 Å². The molecule has 1 atom stereocenters. The molecular formula is C21H25F2N5O4S. The fourth-order valence-corrected chi connectivity index (χ4v) is 5.21. The van der Waals surface area contributed by atoms with E-state index in [0.717, 1.165) is 21.3 Å². The lowest BCUT2D eigenvalue weighted by molar-refractivity contribution is -0.130. The number of carbonyl (C=O) groups excluding carboxylic acids is 2. The van der Waals surface area contributed by atoms with Crippen LogP contribution in [-0.4, -0.2) is 61.9 Å². The summed E-state index contributed by atoms with van der Waals surface area (Å²) in [5, 5.41) is 4.81. The molecule has 33 heavy (non-hydrogen) atoms. The minimum atomic E-state index is -4.01. The number of anilines is 1. The summed E-state index contributed by atoms with van der Waals surface area (Å²) in [6.07, 6.45) is -1.24. The van der Waals surface area contributed by atoms with Gasteiger partial charge in [0.25, 0.3) is 5.91 Å². The van der Waals surface area contributed by atoms with E-state index in [1.165, 1.54) is 0 Å². The number of hydrogen-bond acceptors (Lipinski definition) is 5. The summed E-state index contributed by atoms with van der Waals surface area (Å²) in [5.41, 5.74) is 5.67. The quantitative estimate of drug-likeness (QED) is 0.552. The van der Waals surface area contributed by atoms with Gasteiger partial charge in [0.2, 0.25) is 10.0 Å². The fraction of sp³-hybridized carbons (Fsp3) is 0.333. The van der Waals surface area contributed by atoms with Gasteiger partial charge in [0.1, 0.15) is 11.6 Å². The highest BCUT2D eigenvalue weighted by molar-refractivity contribution is 7.88. The second-order valence-corrected chi connectivity index (χ2v) is 9.33. The molecule has 1 heterocycles. The molecule has 0 saturated carbocycles. The average Bonchev–Trinajstić information content (AvgIpc) is 2.79. The molecule has 178 valence electrons. The molecule has 0 aliphatic carbocycles. The zero-order valence-corrected chi connectivity index (χ0v) is 18.5. The molecule has 0 spiro atoms. The monoisotopic (exact) mass is 481 g/mol. The highest BCUT2D eigenvalue weighted by Gasteiger charge is 2.43. The molecule has 4 N–H and O–H groups in total. The third kappa shape index (κ3) is 6.03. The number of rotatable bonds is 7. The maximum Gasteiger partial charge on any atom is 0.323 e. The Morgan fingerprint density at radius 2 is 1.82 bits per heavy atom. The van der Waals surface area contributed by atoms with Gasteiger partial charge in [-0.05, 0) is 24.1 Å². The van der Waals surface area contributed by atoms with Crippen molar-refractivity contribution < 1.29 is 26.8 Å². The summed E-state index contributed by atoms with van der Waals surface area (Å²) in [5.74, 6) is -2.92. The summed E-state index contributed by atoms with van der Waals surface area (Å²) in [6, 6.07) is 10.2. The number of nitrogens with two attached hydrogens (primary N) is 1. The number of amides is 3. The largest absolute Gasteiger partial charge is 0.352 e. The van der Waals surface area contributed by atoms with Crippen molar-refractivity contribution in [3.05, 3.63) is 65.7 Å². The van der Waals surface area contributed by atoms with E-state index in [2.05, 4.69) is 10.6 Å². The van der Waals surface area contributed by atoms with Gasteiger partial charge < -0.3 is 16.4 Å². The summed E-state index contributed by atoms with van der Waals surface area (Å²) >= 11 is 0. The number of halogens is 2. The Labute approximate surface area is 190 Å². The van der Waals surface area contributed by atoms with E-state index in [9.17, 15) is 26.8 Å². The molecule has 0 radical (unpaired) electrons. The lowest BCUT2D eigenvalue weighted by Crippen LogP contribution is -2.64. The predicted molar refractivity (Wildman–Crippen MR) is 118 cm³/mol. The Bertz CT molecular complexity index is 1100. The van der Waals surface area contributed by atoms with Crippen molar-refractivity contribution in [1.29, 1.82) is 0 Å². The molecule has 0 aromatic heterocycles. The lowest BCUT2D eigenvalue weighted by atomic mass is 10.2. The Morgan fingerprint density at radius 3 is 2.48 bits per heavy atom. The van der Waals surface area contributed by atoms with Gasteiger partial charge in [0, 0.05) is 32.2 Å². The summed E-state index contributed by atoms with van der Waals surface area (Å²) < 4.78 is 54.6. The molecule has 12 heteroatoms. The van der Waals surface area contributed by atoms with Gasteiger partial charge in [-0.25, -0.2) is 22.0 Å². The second-order valence-electron chi connectivity index (χ2n) is 7.41. The molecule has 1 aliphatic rings. The Balaban J connectivity index is 1.89. The van der Waals surface area contributed by atoms with Crippen LogP contribution in [0.3, 0.4) is 0 Å². The molecular weight excluding hydrogens is 456 g/mol. The molecule has 1 fully saturated rings. The van der Waals surface area contributed by atoms with Gasteiger partial charge in [0.05, 0.1) is 11.4 Å². The van der Waals surface area contributed by atoms with Crippen LogP contribution >= 0.6 is 0 Å². The van der Waals surface area contributed by atoms with E-state index in [-0.39, 0.29) is 44.0 Å². The van der Waals surface area contributed by atoms with Gasteiger partial charge in [-0.3, -0.25) is 9.69 Å².